The van der Waals surface area contributed by atoms with Crippen LogP contribution < -0.4 is 4.74 Å². The highest BCUT2D eigenvalue weighted by atomic mass is 16.7. The van der Waals surface area contributed by atoms with Gasteiger partial charge in [-0.05, 0) is 20.8 Å². The molecule has 0 radical (unpaired) electrons. The number of hydrogen-bond donors (Lipinski definition) is 1. The minimum atomic E-state index is -1.39. The summed E-state index contributed by atoms with van der Waals surface area (Å²) < 4.78 is 11.5. The maximum Gasteiger partial charge on any atom is 0.512 e. The number of hydrogen-bond acceptors (Lipinski definition) is 5. The van der Waals surface area contributed by atoms with Gasteiger partial charge in [0.1, 0.15) is 11.4 Å². The molecular weight excluding hydrogens is 266 g/mol. The number of rotatable bonds is 1. The van der Waals surface area contributed by atoms with Gasteiger partial charge >= 0.3 is 12.2 Å². The topological polar surface area (TPSA) is 93.9 Å². The smallest absolute Gasteiger partial charge is 0.449 e. The Kier molecular flexibility index (Phi) is 3.56. The van der Waals surface area contributed by atoms with Gasteiger partial charge in [0, 0.05) is 13.1 Å². The Morgan fingerprint density at radius 1 is 1.35 bits per heavy atom. The fraction of sp³-hybridized carbons (Fsp3) is 0.583. The van der Waals surface area contributed by atoms with Gasteiger partial charge in [-0.15, -0.1) is 0 Å². The molecule has 1 N–H and O–H groups in total. The lowest BCUT2D eigenvalue weighted by Gasteiger charge is -2.30. The molecule has 0 atom stereocenters. The van der Waals surface area contributed by atoms with Crippen LogP contribution in [0.4, 0.5) is 9.59 Å². The average Bonchev–Trinajstić information content (AvgIpc) is 2.69. The monoisotopic (exact) mass is 283 g/mol. The normalized spacial score (nSPS) is 14.7. The van der Waals surface area contributed by atoms with Gasteiger partial charge < -0.3 is 14.6 Å². The Balaban J connectivity index is 2.07. The van der Waals surface area contributed by atoms with Gasteiger partial charge in [0.2, 0.25) is 5.88 Å². The van der Waals surface area contributed by atoms with Crippen LogP contribution in [0.5, 0.6) is 5.88 Å². The van der Waals surface area contributed by atoms with Crippen molar-refractivity contribution in [3.05, 3.63) is 12.0 Å². The summed E-state index contributed by atoms with van der Waals surface area (Å²) in [6.45, 7) is 6.49. The van der Waals surface area contributed by atoms with Crippen LogP contribution in [0.3, 0.4) is 0 Å². The van der Waals surface area contributed by atoms with E-state index in [1.54, 1.807) is 25.3 Å². The molecule has 0 unspecified atom stereocenters. The molecule has 1 aliphatic rings. The predicted molar refractivity (Wildman–Crippen MR) is 67.5 cm³/mol. The van der Waals surface area contributed by atoms with E-state index in [-0.39, 0.29) is 12.4 Å². The summed E-state index contributed by atoms with van der Waals surface area (Å²) in [5.41, 5.74) is -0.554. The number of ether oxygens (including phenoxy) is 2. The van der Waals surface area contributed by atoms with Crippen LogP contribution >= 0.6 is 0 Å². The largest absolute Gasteiger partial charge is 0.512 e. The molecule has 8 nitrogen and oxygen atoms in total. The Morgan fingerprint density at radius 3 is 2.65 bits per heavy atom. The molecule has 1 amide bonds. The number of aromatic nitrogens is 2. The van der Waals surface area contributed by atoms with Crippen LogP contribution in [-0.2, 0) is 17.8 Å². The molecule has 1 aromatic rings. The van der Waals surface area contributed by atoms with E-state index in [0.29, 0.717) is 18.9 Å². The molecule has 1 aromatic heterocycles. The number of amides is 1. The fourth-order valence-electron chi connectivity index (χ4n) is 1.89. The number of carbonyl (C=O) groups is 2. The van der Waals surface area contributed by atoms with Crippen LogP contribution in [0, 0.1) is 0 Å². The number of fused-ring (bicyclic) bond motifs is 1. The van der Waals surface area contributed by atoms with E-state index in [9.17, 15) is 9.59 Å². The van der Waals surface area contributed by atoms with E-state index < -0.39 is 17.8 Å². The van der Waals surface area contributed by atoms with Gasteiger partial charge in [-0.3, -0.25) is 9.47 Å². The summed E-state index contributed by atoms with van der Waals surface area (Å²) in [5.74, 6) is 0.731. The van der Waals surface area contributed by atoms with Crippen LogP contribution in [0.25, 0.3) is 0 Å². The first-order valence-corrected chi connectivity index (χ1v) is 6.19. The van der Waals surface area contributed by atoms with Crippen LogP contribution in [0.1, 0.15) is 26.6 Å². The van der Waals surface area contributed by atoms with E-state index in [0.717, 1.165) is 0 Å². The zero-order chi connectivity index (χ0) is 14.9. The van der Waals surface area contributed by atoms with Crippen molar-refractivity contribution in [3.8, 4) is 5.88 Å². The van der Waals surface area contributed by atoms with Crippen molar-refractivity contribution in [1.29, 1.82) is 0 Å². The van der Waals surface area contributed by atoms with Gasteiger partial charge in [0.05, 0.1) is 12.7 Å². The van der Waals surface area contributed by atoms with Crippen molar-refractivity contribution in [3.63, 3.8) is 0 Å². The summed E-state index contributed by atoms with van der Waals surface area (Å²) in [5, 5.41) is 8.61. The zero-order valence-corrected chi connectivity index (χ0v) is 11.6. The van der Waals surface area contributed by atoms with E-state index in [4.69, 9.17) is 9.84 Å². The fourth-order valence-corrected chi connectivity index (χ4v) is 1.89. The Hall–Kier alpha value is -2.25. The highest BCUT2D eigenvalue weighted by Crippen LogP contribution is 2.21. The summed E-state index contributed by atoms with van der Waals surface area (Å²) in [4.78, 5) is 28.1. The first kappa shape index (κ1) is 14.2. The van der Waals surface area contributed by atoms with Crippen molar-refractivity contribution < 1.29 is 24.2 Å². The quantitative estimate of drug-likeness (QED) is 0.788. The molecule has 8 heteroatoms. The highest BCUT2D eigenvalue weighted by Gasteiger charge is 2.28. The highest BCUT2D eigenvalue weighted by molar-refractivity contribution is 5.68. The lowest BCUT2D eigenvalue weighted by atomic mass is 10.2. The van der Waals surface area contributed by atoms with Crippen molar-refractivity contribution in [1.82, 2.24) is 14.5 Å². The number of imidazole rings is 1. The second-order valence-corrected chi connectivity index (χ2v) is 5.43. The number of carboxylic acid groups (broad SMARTS) is 1. The Morgan fingerprint density at radius 2 is 2.05 bits per heavy atom. The molecule has 0 fully saturated rings. The van der Waals surface area contributed by atoms with Crippen LogP contribution in [-0.4, -0.2) is 44.0 Å². The van der Waals surface area contributed by atoms with E-state index in [2.05, 4.69) is 9.72 Å². The molecule has 0 spiro atoms. The maximum atomic E-state index is 11.9. The lowest BCUT2D eigenvalue weighted by Crippen LogP contribution is -2.41. The van der Waals surface area contributed by atoms with Crippen molar-refractivity contribution in [2.75, 3.05) is 6.54 Å². The zero-order valence-electron chi connectivity index (χ0n) is 11.6. The SMILES string of the molecule is CC(C)(C)OC(=O)N1CCn2c(OC(=O)O)cnc2C1. The molecule has 0 bridgehead atoms. The Bertz CT molecular complexity index is 532. The molecule has 20 heavy (non-hydrogen) atoms. The molecule has 0 aromatic carbocycles. The second-order valence-electron chi connectivity index (χ2n) is 5.43. The van der Waals surface area contributed by atoms with E-state index >= 15 is 0 Å². The van der Waals surface area contributed by atoms with Gasteiger partial charge in [-0.25, -0.2) is 14.6 Å². The standard InChI is InChI=1S/C12H17N3O5/c1-12(2,3)20-10(16)14-4-5-15-8(7-14)13-6-9(15)19-11(17)18/h6H,4-5,7H2,1-3H3,(H,17,18). The minimum Gasteiger partial charge on any atom is -0.449 e. The van der Waals surface area contributed by atoms with Gasteiger partial charge in [-0.1, -0.05) is 0 Å². The molecule has 0 saturated carbocycles. The van der Waals surface area contributed by atoms with Crippen molar-refractivity contribution in [2.45, 2.75) is 39.5 Å². The first-order valence-electron chi connectivity index (χ1n) is 6.19. The van der Waals surface area contributed by atoms with Gasteiger partial charge in [0.25, 0.3) is 0 Å². The average molecular weight is 283 g/mol. The molecule has 2 rings (SSSR count). The molecule has 1 aliphatic heterocycles. The molecule has 110 valence electrons. The third-order valence-corrected chi connectivity index (χ3v) is 2.67. The van der Waals surface area contributed by atoms with E-state index in [1.165, 1.54) is 11.1 Å². The van der Waals surface area contributed by atoms with Crippen LogP contribution in [0.2, 0.25) is 0 Å². The predicted octanol–water partition coefficient (Wildman–Crippen LogP) is 1.69. The summed E-state index contributed by atoms with van der Waals surface area (Å²) in [6.07, 6.45) is -0.461. The van der Waals surface area contributed by atoms with E-state index in [1.807, 2.05) is 0 Å². The van der Waals surface area contributed by atoms with Crippen LogP contribution in [0.15, 0.2) is 6.20 Å². The third-order valence-electron chi connectivity index (χ3n) is 2.67. The molecular formula is C12H17N3O5. The lowest BCUT2D eigenvalue weighted by molar-refractivity contribution is 0.0191. The Labute approximate surface area is 115 Å². The van der Waals surface area contributed by atoms with Gasteiger partial charge in [-0.2, -0.15) is 0 Å². The molecule has 2 heterocycles. The number of carbonyl (C=O) groups excluding carboxylic acids is 1. The third kappa shape index (κ3) is 3.19. The number of nitrogens with zero attached hydrogens (tertiary/aromatic N) is 3. The summed E-state index contributed by atoms with van der Waals surface area (Å²) in [7, 11) is 0. The summed E-state index contributed by atoms with van der Waals surface area (Å²) >= 11 is 0. The van der Waals surface area contributed by atoms with Gasteiger partial charge in [0.15, 0.2) is 0 Å². The van der Waals surface area contributed by atoms with Crippen molar-refractivity contribution in [2.24, 2.45) is 0 Å². The summed E-state index contributed by atoms with van der Waals surface area (Å²) in [6, 6.07) is 0. The maximum absolute atomic E-state index is 11.9. The molecule has 0 aliphatic carbocycles. The van der Waals surface area contributed by atoms with Crippen molar-refractivity contribution >= 4 is 12.2 Å². The second kappa shape index (κ2) is 5.03. The minimum absolute atomic E-state index is 0.163. The molecule has 0 saturated heterocycles. The first-order chi connectivity index (χ1) is 9.26.